The predicted molar refractivity (Wildman–Crippen MR) is 212 cm³/mol. The summed E-state index contributed by atoms with van der Waals surface area (Å²) in [5.74, 6) is -2.52. The fraction of sp³-hybridized carbons (Fsp3) is 0.550. The topological polar surface area (TPSA) is 186 Å². The van der Waals surface area contributed by atoms with Gasteiger partial charge in [0.15, 0.2) is 0 Å². The van der Waals surface area contributed by atoms with Gasteiger partial charge in [0.05, 0.1) is 28.2 Å². The molecule has 1 saturated heterocycles. The van der Waals surface area contributed by atoms with Crippen LogP contribution in [0.4, 0.5) is 5.69 Å². The lowest BCUT2D eigenvalue weighted by atomic mass is 10.0. The molecule has 3 heterocycles. The Kier molecular flexibility index (Phi) is 10.8. The van der Waals surface area contributed by atoms with E-state index in [1.807, 2.05) is 49.6 Å². The third kappa shape index (κ3) is 8.04. The molecular weight excluding hydrogens is 757 g/mol. The smallest absolute Gasteiger partial charge is 0.298 e. The Morgan fingerprint density at radius 3 is 2.50 bits per heavy atom. The van der Waals surface area contributed by atoms with Crippen molar-refractivity contribution in [1.29, 1.82) is 0 Å². The summed E-state index contributed by atoms with van der Waals surface area (Å²) in [7, 11) is -7.77. The Labute approximate surface area is 328 Å². The van der Waals surface area contributed by atoms with E-state index in [0.717, 1.165) is 25.7 Å². The average molecular weight is 809 g/mol. The minimum Gasteiger partial charge on any atom is -0.459 e. The van der Waals surface area contributed by atoms with E-state index in [-0.39, 0.29) is 49.0 Å². The van der Waals surface area contributed by atoms with E-state index < -0.39 is 60.2 Å². The number of para-hydroxylation sites is 1. The van der Waals surface area contributed by atoms with Crippen LogP contribution in [0.15, 0.2) is 60.7 Å². The Balaban J connectivity index is 1.16. The molecule has 2 aliphatic carbocycles. The number of allylic oxidation sites excluding steroid dienone is 1. The molecule has 1 aromatic heterocycles. The predicted octanol–water partition coefficient (Wildman–Crippen LogP) is 4.94. The van der Waals surface area contributed by atoms with Crippen molar-refractivity contribution in [2.75, 3.05) is 11.3 Å². The summed E-state index contributed by atoms with van der Waals surface area (Å²) < 4.78 is 65.1. The summed E-state index contributed by atoms with van der Waals surface area (Å²) >= 11 is 0. The number of aromatic nitrogens is 2. The molecule has 5 atom stereocenters. The normalized spacial score (nSPS) is 27.3. The van der Waals surface area contributed by atoms with Crippen LogP contribution in [-0.2, 0) is 40.2 Å². The maximum Gasteiger partial charge on any atom is 0.298 e. The zero-order valence-electron chi connectivity index (χ0n) is 32.4. The van der Waals surface area contributed by atoms with Crippen LogP contribution in [0, 0.1) is 11.8 Å². The van der Waals surface area contributed by atoms with Gasteiger partial charge in [0.1, 0.15) is 23.2 Å². The number of amides is 3. The minimum absolute atomic E-state index is 0.0778. The maximum atomic E-state index is 14.3. The van der Waals surface area contributed by atoms with E-state index in [1.165, 1.54) is 4.90 Å². The first kappa shape index (κ1) is 39.8. The molecule has 16 heteroatoms. The molecule has 3 amide bonds. The average Bonchev–Trinajstić information content (AvgIpc) is 3.96. The number of benzene rings is 2. The number of carbonyl (C=O) groups excluding carboxylic acids is 3. The van der Waals surface area contributed by atoms with Crippen LogP contribution in [0.5, 0.6) is 6.01 Å². The number of anilines is 1. The van der Waals surface area contributed by atoms with Gasteiger partial charge in [0, 0.05) is 24.3 Å². The number of carbonyl (C=O) groups is 3. The van der Waals surface area contributed by atoms with Crippen molar-refractivity contribution in [3.05, 3.63) is 66.2 Å². The van der Waals surface area contributed by atoms with Gasteiger partial charge in [-0.1, -0.05) is 68.3 Å². The molecule has 0 unspecified atom stereocenters. The molecule has 302 valence electrons. The van der Waals surface area contributed by atoms with Crippen molar-refractivity contribution >= 4 is 54.5 Å². The number of nitrogens with zero attached hydrogens (tertiary/aromatic N) is 3. The lowest BCUT2D eigenvalue weighted by molar-refractivity contribution is -0.142. The largest absolute Gasteiger partial charge is 0.459 e. The quantitative estimate of drug-likeness (QED) is 0.239. The van der Waals surface area contributed by atoms with Gasteiger partial charge < -0.3 is 15.0 Å². The maximum absolute atomic E-state index is 14.3. The molecule has 56 heavy (non-hydrogen) atoms. The van der Waals surface area contributed by atoms with Crippen molar-refractivity contribution in [2.24, 2.45) is 11.8 Å². The molecular formula is C40H52N6O8S2. The molecule has 2 saturated carbocycles. The second-order valence-corrected chi connectivity index (χ2v) is 20.4. The van der Waals surface area contributed by atoms with E-state index in [4.69, 9.17) is 9.72 Å². The van der Waals surface area contributed by atoms with Crippen molar-refractivity contribution in [2.45, 2.75) is 120 Å². The van der Waals surface area contributed by atoms with Crippen LogP contribution in [0.3, 0.4) is 0 Å². The molecule has 4 aliphatic rings. The summed E-state index contributed by atoms with van der Waals surface area (Å²) in [5, 5.41) is 2.92. The van der Waals surface area contributed by atoms with Crippen LogP contribution >= 0.6 is 0 Å². The van der Waals surface area contributed by atoms with Crippen molar-refractivity contribution < 1.29 is 36.0 Å². The Morgan fingerprint density at radius 1 is 1.04 bits per heavy atom. The Morgan fingerprint density at radius 2 is 1.79 bits per heavy atom. The van der Waals surface area contributed by atoms with Crippen molar-refractivity contribution in [3.63, 3.8) is 0 Å². The summed E-state index contributed by atoms with van der Waals surface area (Å²) in [6.07, 6.45) is 8.52. The molecule has 0 spiro atoms. The standard InChI is InChI=1S/C40H52N6O8S2/c1-26(2)46-32-19-13-18-31(43-55(50,51)25-28-15-10-8-11-16-28)34(32)41-38(46)54-30-22-33-35(47)42-40(37(49)44-56(52,53)39(4)20-21-39)23-29(40)17-12-7-5-6-9-14-27(3)36(48)45(33)24-30/h8,10-13,15-19,26-27,29-30,33,43H,5-7,9,14,20-25H2,1-4H3,(H,42,47)(H,44,49)/b17-12-/t27-,29-,30+,33-,40+/m0/s1. The van der Waals surface area contributed by atoms with Crippen LogP contribution in [0.1, 0.15) is 97.1 Å². The number of ether oxygens (including phenoxy) is 1. The summed E-state index contributed by atoms with van der Waals surface area (Å²) in [4.78, 5) is 48.5. The molecule has 0 radical (unpaired) electrons. The molecule has 2 aliphatic heterocycles. The number of rotatable bonds is 10. The van der Waals surface area contributed by atoms with E-state index in [9.17, 15) is 31.2 Å². The second-order valence-electron chi connectivity index (χ2n) is 16.5. The number of nitrogens with one attached hydrogen (secondary N) is 3. The molecule has 3 aromatic rings. The van der Waals surface area contributed by atoms with Crippen molar-refractivity contribution in [1.82, 2.24) is 24.5 Å². The first-order valence-corrected chi connectivity index (χ1v) is 22.7. The van der Waals surface area contributed by atoms with Gasteiger partial charge in [-0.15, -0.1) is 0 Å². The third-order valence-electron chi connectivity index (χ3n) is 11.7. The number of sulfonamides is 2. The van der Waals surface area contributed by atoms with Gasteiger partial charge in [0.2, 0.25) is 31.9 Å². The fourth-order valence-electron chi connectivity index (χ4n) is 7.90. The lowest BCUT2D eigenvalue weighted by Gasteiger charge is -2.28. The fourth-order valence-corrected chi connectivity index (χ4v) is 10.4. The van der Waals surface area contributed by atoms with Gasteiger partial charge in [-0.25, -0.2) is 16.8 Å². The highest BCUT2D eigenvalue weighted by molar-refractivity contribution is 7.92. The second kappa shape index (κ2) is 15.1. The number of hydrogen-bond acceptors (Lipinski definition) is 9. The number of imidazole rings is 1. The van der Waals surface area contributed by atoms with Gasteiger partial charge in [-0.3, -0.25) is 28.4 Å². The SMILES string of the molecule is CC(C)n1c(O[C@@H]2C[C@H]3C(=O)N[C@]4(C(=O)NS(=O)(=O)C5(C)CC5)C[C@@H]4/C=C\CCCCC[C@H](C)C(=O)N3C2)nc2c(NS(=O)(=O)Cc3ccccc3)cccc21. The monoisotopic (exact) mass is 808 g/mol. The summed E-state index contributed by atoms with van der Waals surface area (Å²) in [6, 6.07) is 13.1. The Bertz CT molecular complexity index is 2250. The lowest BCUT2D eigenvalue weighted by Crippen LogP contribution is -2.57. The number of fused-ring (bicyclic) bond motifs is 3. The van der Waals surface area contributed by atoms with E-state index in [2.05, 4.69) is 14.8 Å². The minimum atomic E-state index is -3.96. The molecule has 0 bridgehead atoms. The van der Waals surface area contributed by atoms with Crippen LogP contribution < -0.4 is 19.5 Å². The highest BCUT2D eigenvalue weighted by Gasteiger charge is 2.63. The van der Waals surface area contributed by atoms with Gasteiger partial charge >= 0.3 is 0 Å². The van der Waals surface area contributed by atoms with Gasteiger partial charge in [-0.05, 0) is 77.0 Å². The highest BCUT2D eigenvalue weighted by atomic mass is 32.2. The molecule has 3 N–H and O–H groups in total. The third-order valence-corrected chi connectivity index (χ3v) is 15.1. The Hall–Kier alpha value is -4.44. The zero-order chi connectivity index (χ0) is 40.0. The van der Waals surface area contributed by atoms with Crippen molar-refractivity contribution in [3.8, 4) is 6.01 Å². The van der Waals surface area contributed by atoms with E-state index in [1.54, 1.807) is 43.3 Å². The summed E-state index contributed by atoms with van der Waals surface area (Å²) in [5.41, 5.74) is 0.485. The van der Waals surface area contributed by atoms with Crippen LogP contribution in [-0.4, -0.2) is 78.0 Å². The molecule has 3 fully saturated rings. The highest BCUT2D eigenvalue weighted by Crippen LogP contribution is 2.47. The number of hydrogen-bond donors (Lipinski definition) is 3. The van der Waals surface area contributed by atoms with E-state index >= 15 is 0 Å². The molecule has 7 rings (SSSR count). The van der Waals surface area contributed by atoms with Gasteiger partial charge in [0.25, 0.3) is 11.9 Å². The summed E-state index contributed by atoms with van der Waals surface area (Å²) in [6.45, 7) is 7.44. The van der Waals surface area contributed by atoms with Gasteiger partial charge in [-0.2, -0.15) is 4.98 Å². The zero-order valence-corrected chi connectivity index (χ0v) is 34.0. The van der Waals surface area contributed by atoms with Crippen LogP contribution in [0.2, 0.25) is 0 Å². The first-order valence-electron chi connectivity index (χ1n) is 19.6. The van der Waals surface area contributed by atoms with E-state index in [0.29, 0.717) is 41.5 Å². The first-order chi connectivity index (χ1) is 26.5. The molecule has 14 nitrogen and oxygen atoms in total. The van der Waals surface area contributed by atoms with Crippen LogP contribution in [0.25, 0.3) is 11.0 Å². The molecule has 2 aromatic carbocycles.